The molecule has 0 unspecified atom stereocenters. The molecule has 3 heteroatoms. The number of hydrogen-bond donors (Lipinski definition) is 1. The molecule has 0 aliphatic heterocycles. The topological polar surface area (TPSA) is 20.2 Å². The second kappa shape index (κ2) is 3.81. The van der Waals surface area contributed by atoms with Crippen molar-refractivity contribution in [1.82, 2.24) is 0 Å². The summed E-state index contributed by atoms with van der Waals surface area (Å²) in [4.78, 5) is 0. The van der Waals surface area contributed by atoms with Gasteiger partial charge in [-0.25, -0.2) is 0 Å². The Bertz CT molecular complexity index is 288. The number of aliphatic hydroxyl groups excluding tert-OH is 1. The van der Waals surface area contributed by atoms with Gasteiger partial charge in [0.05, 0.1) is 6.10 Å². The van der Waals surface area contributed by atoms with E-state index >= 15 is 0 Å². The van der Waals surface area contributed by atoms with Crippen molar-refractivity contribution < 1.29 is 5.11 Å². The maximum Gasteiger partial charge on any atom is 0.0796 e. The lowest BCUT2D eigenvalue weighted by molar-refractivity contribution is 0.180. The summed E-state index contributed by atoms with van der Waals surface area (Å²) in [7, 11) is 0. The minimum absolute atomic E-state index is 0. The summed E-state index contributed by atoms with van der Waals surface area (Å²) < 4.78 is 1.05. The first-order valence-corrected chi connectivity index (χ1v) is 4.53. The summed E-state index contributed by atoms with van der Waals surface area (Å²) in [5, 5.41) is 9.48. The molecule has 1 aromatic rings. The quantitative estimate of drug-likeness (QED) is 0.747. The Labute approximate surface area is 87.4 Å². The highest BCUT2D eigenvalue weighted by molar-refractivity contribution is 9.10. The lowest BCUT2D eigenvalue weighted by Gasteiger charge is -2.02. The van der Waals surface area contributed by atoms with Crippen molar-refractivity contribution in [2.75, 3.05) is 0 Å². The fourth-order valence-corrected chi connectivity index (χ4v) is 1.93. The van der Waals surface area contributed by atoms with E-state index in [1.165, 1.54) is 5.56 Å². The fraction of sp³-hybridized carbons (Fsp3) is 0.333. The van der Waals surface area contributed by atoms with Crippen LogP contribution in [-0.4, -0.2) is 5.11 Å². The number of benzene rings is 1. The van der Waals surface area contributed by atoms with Gasteiger partial charge in [0.25, 0.3) is 0 Å². The zero-order chi connectivity index (χ0) is 7.84. The predicted octanol–water partition coefficient (Wildman–Crippen LogP) is 2.54. The predicted molar refractivity (Wildman–Crippen MR) is 57.8 cm³/mol. The van der Waals surface area contributed by atoms with Gasteiger partial charge in [-0.15, -0.1) is 0 Å². The number of aliphatic hydroxyl groups is 1. The highest BCUT2D eigenvalue weighted by Crippen LogP contribution is 2.32. The Morgan fingerprint density at radius 1 is 1.42 bits per heavy atom. The first-order chi connectivity index (χ1) is 5.27. The van der Waals surface area contributed by atoms with Crippen molar-refractivity contribution in [1.29, 1.82) is 0 Å². The van der Waals surface area contributed by atoms with E-state index in [-0.39, 0.29) is 19.6 Å². The minimum atomic E-state index is -0.234. The molecule has 0 amide bonds. The van der Waals surface area contributed by atoms with Gasteiger partial charge in [0.1, 0.15) is 0 Å². The van der Waals surface area contributed by atoms with Crippen molar-refractivity contribution >= 4 is 29.4 Å². The molecule has 1 aromatic carbocycles. The van der Waals surface area contributed by atoms with Crippen LogP contribution in [0.25, 0.3) is 0 Å². The molecular formula is C9H11BrOS. The lowest BCUT2D eigenvalue weighted by atomic mass is 10.1. The second-order valence-corrected chi connectivity index (χ2v) is 3.81. The third kappa shape index (κ3) is 1.68. The molecule has 66 valence electrons. The molecule has 0 heterocycles. The molecule has 1 nitrogen and oxygen atoms in total. The van der Waals surface area contributed by atoms with Crippen LogP contribution in [0.1, 0.15) is 23.7 Å². The number of halogens is 1. The number of aryl methyl sites for hydroxylation is 1. The van der Waals surface area contributed by atoms with Gasteiger partial charge in [-0.05, 0) is 36.1 Å². The van der Waals surface area contributed by atoms with E-state index in [9.17, 15) is 5.11 Å². The van der Waals surface area contributed by atoms with E-state index in [4.69, 9.17) is 0 Å². The van der Waals surface area contributed by atoms with E-state index in [2.05, 4.69) is 22.0 Å². The first kappa shape index (κ1) is 10.1. The molecule has 0 aromatic heterocycles. The number of fused-ring (bicyclic) bond motifs is 1. The molecule has 0 saturated carbocycles. The average molecular weight is 247 g/mol. The van der Waals surface area contributed by atoms with Gasteiger partial charge in [0, 0.05) is 4.47 Å². The Kier molecular flexibility index (Phi) is 3.21. The third-order valence-electron chi connectivity index (χ3n) is 2.15. The van der Waals surface area contributed by atoms with Crippen LogP contribution in [-0.2, 0) is 6.42 Å². The van der Waals surface area contributed by atoms with Gasteiger partial charge in [-0.1, -0.05) is 22.0 Å². The van der Waals surface area contributed by atoms with Crippen molar-refractivity contribution in [3.8, 4) is 0 Å². The maximum absolute atomic E-state index is 9.48. The Balaban J connectivity index is 0.000000720. The molecule has 1 aliphatic rings. The van der Waals surface area contributed by atoms with Crippen LogP contribution >= 0.6 is 29.4 Å². The van der Waals surface area contributed by atoms with Crippen molar-refractivity contribution in [3.05, 3.63) is 33.8 Å². The molecule has 0 bridgehead atoms. The molecule has 1 aliphatic carbocycles. The summed E-state index contributed by atoms with van der Waals surface area (Å²) >= 11 is 3.38. The highest BCUT2D eigenvalue weighted by atomic mass is 79.9. The smallest absolute Gasteiger partial charge is 0.0796 e. The van der Waals surface area contributed by atoms with Crippen LogP contribution in [0.2, 0.25) is 0 Å². The van der Waals surface area contributed by atoms with Crippen molar-refractivity contribution in [2.24, 2.45) is 0 Å². The van der Waals surface area contributed by atoms with Crippen LogP contribution in [0.5, 0.6) is 0 Å². The molecule has 0 spiro atoms. The van der Waals surface area contributed by atoms with E-state index in [0.29, 0.717) is 0 Å². The fourth-order valence-electron chi connectivity index (χ4n) is 1.55. The molecule has 0 saturated heterocycles. The number of hydrogen-bond acceptors (Lipinski definition) is 1. The summed E-state index contributed by atoms with van der Waals surface area (Å²) in [6.07, 6.45) is 1.66. The molecule has 1 atom stereocenters. The van der Waals surface area contributed by atoms with Gasteiger partial charge >= 0.3 is 0 Å². The van der Waals surface area contributed by atoms with Crippen LogP contribution < -0.4 is 0 Å². The van der Waals surface area contributed by atoms with Crippen LogP contribution in [0.15, 0.2) is 22.7 Å². The van der Waals surface area contributed by atoms with Crippen molar-refractivity contribution in [2.45, 2.75) is 18.9 Å². The van der Waals surface area contributed by atoms with Crippen LogP contribution in [0.4, 0.5) is 0 Å². The third-order valence-corrected chi connectivity index (χ3v) is 2.65. The van der Waals surface area contributed by atoms with Crippen LogP contribution in [0, 0.1) is 0 Å². The normalized spacial score (nSPS) is 20.0. The van der Waals surface area contributed by atoms with Gasteiger partial charge in [0.15, 0.2) is 0 Å². The van der Waals surface area contributed by atoms with E-state index in [1.807, 2.05) is 12.1 Å². The molecular weight excluding hydrogens is 236 g/mol. The monoisotopic (exact) mass is 246 g/mol. The van der Waals surface area contributed by atoms with Gasteiger partial charge in [-0.3, -0.25) is 0 Å². The molecule has 12 heavy (non-hydrogen) atoms. The van der Waals surface area contributed by atoms with E-state index < -0.39 is 0 Å². The lowest BCUT2D eigenvalue weighted by Crippen LogP contribution is -1.89. The summed E-state index contributed by atoms with van der Waals surface area (Å²) in [6, 6.07) is 6.11. The molecule has 0 fully saturated rings. The average Bonchev–Trinajstić information content (AvgIpc) is 2.33. The molecule has 2 rings (SSSR count). The summed E-state index contributed by atoms with van der Waals surface area (Å²) in [5.74, 6) is 0. The highest BCUT2D eigenvalue weighted by Gasteiger charge is 2.19. The maximum atomic E-state index is 9.48. The second-order valence-electron chi connectivity index (χ2n) is 2.90. The zero-order valence-electron chi connectivity index (χ0n) is 6.55. The standard InChI is InChI=1S/C9H9BrO.H2S/c10-7-3-1-6-2-4-9(11)8(6)5-7;/h1,3,5,9,11H,2,4H2;1H2/t9-;/m0./s1. The van der Waals surface area contributed by atoms with Crippen molar-refractivity contribution in [3.63, 3.8) is 0 Å². The van der Waals surface area contributed by atoms with Crippen LogP contribution in [0.3, 0.4) is 0 Å². The Morgan fingerprint density at radius 2 is 2.17 bits per heavy atom. The van der Waals surface area contributed by atoms with Gasteiger partial charge in [-0.2, -0.15) is 13.5 Å². The van der Waals surface area contributed by atoms with E-state index in [1.54, 1.807) is 0 Å². The first-order valence-electron chi connectivity index (χ1n) is 3.74. The van der Waals surface area contributed by atoms with Gasteiger partial charge < -0.3 is 5.11 Å². The summed E-state index contributed by atoms with van der Waals surface area (Å²) in [5.41, 5.74) is 2.39. The summed E-state index contributed by atoms with van der Waals surface area (Å²) in [6.45, 7) is 0. The Hall–Kier alpha value is 0.01000. The Morgan fingerprint density at radius 3 is 2.92 bits per heavy atom. The van der Waals surface area contributed by atoms with E-state index in [0.717, 1.165) is 22.9 Å². The minimum Gasteiger partial charge on any atom is -0.388 e. The van der Waals surface area contributed by atoms with Gasteiger partial charge in [0.2, 0.25) is 0 Å². The molecule has 0 radical (unpaired) electrons. The number of rotatable bonds is 0. The molecule has 1 N–H and O–H groups in total. The zero-order valence-corrected chi connectivity index (χ0v) is 9.13. The SMILES string of the molecule is O[C@H]1CCc2ccc(Br)cc21.S. The largest absolute Gasteiger partial charge is 0.388 e.